The summed E-state index contributed by atoms with van der Waals surface area (Å²) in [6.07, 6.45) is 4.93. The first kappa shape index (κ1) is 33.2. The van der Waals surface area contributed by atoms with Crippen molar-refractivity contribution >= 4 is 34.6 Å². The zero-order chi connectivity index (χ0) is 33.9. The van der Waals surface area contributed by atoms with E-state index >= 15 is 0 Å². The second-order valence-corrected chi connectivity index (χ2v) is 13.9. The van der Waals surface area contributed by atoms with E-state index in [4.69, 9.17) is 9.47 Å². The first-order valence-corrected chi connectivity index (χ1v) is 17.7. The van der Waals surface area contributed by atoms with Gasteiger partial charge in [0.15, 0.2) is 6.10 Å². The van der Waals surface area contributed by atoms with E-state index in [1.807, 2.05) is 46.2 Å². The van der Waals surface area contributed by atoms with E-state index in [1.165, 1.54) is 0 Å². The molecule has 1 unspecified atom stereocenters. The van der Waals surface area contributed by atoms with E-state index in [1.54, 1.807) is 18.2 Å². The van der Waals surface area contributed by atoms with Gasteiger partial charge in [-0.2, -0.15) is 5.10 Å². The number of H-pyrrole nitrogens is 1. The molecule has 0 radical (unpaired) electrons. The molecule has 0 bridgehead atoms. The average Bonchev–Trinajstić information content (AvgIpc) is 3.53. The molecule has 262 valence electrons. The number of methoxy groups -OCH3 is 1. The van der Waals surface area contributed by atoms with Crippen LogP contribution in [-0.4, -0.2) is 144 Å². The predicted octanol–water partition coefficient (Wildman–Crippen LogP) is 3.41. The summed E-state index contributed by atoms with van der Waals surface area (Å²) in [6.45, 7) is 6.61. The Labute approximate surface area is 287 Å². The molecule has 3 saturated heterocycles. The highest BCUT2D eigenvalue weighted by molar-refractivity contribution is 5.91. The molecule has 1 aromatic heterocycles. The highest BCUT2D eigenvalue weighted by Gasteiger charge is 2.36. The third-order valence-electron chi connectivity index (χ3n) is 10.9. The van der Waals surface area contributed by atoms with Gasteiger partial charge in [0.25, 0.3) is 5.91 Å². The van der Waals surface area contributed by atoms with Gasteiger partial charge < -0.3 is 34.4 Å². The quantitative estimate of drug-likeness (QED) is 0.391. The number of anilines is 1. The zero-order valence-corrected chi connectivity index (χ0v) is 28.6. The lowest BCUT2D eigenvalue weighted by molar-refractivity contribution is -0.143. The molecule has 3 fully saturated rings. The van der Waals surface area contributed by atoms with Crippen molar-refractivity contribution in [1.29, 1.82) is 0 Å². The molecule has 13 heteroatoms. The number of nitrogens with zero attached hydrogens (tertiary/aromatic N) is 6. The zero-order valence-electron chi connectivity index (χ0n) is 28.6. The van der Waals surface area contributed by atoms with Gasteiger partial charge in [-0.05, 0) is 93.7 Å². The minimum atomic E-state index is -0.934. The van der Waals surface area contributed by atoms with Crippen molar-refractivity contribution in [2.75, 3.05) is 78.4 Å². The lowest BCUT2D eigenvalue weighted by Crippen LogP contribution is -2.56. The van der Waals surface area contributed by atoms with Crippen LogP contribution in [0.5, 0.6) is 5.75 Å². The van der Waals surface area contributed by atoms with Crippen LogP contribution in [0.2, 0.25) is 0 Å². The number of fused-ring (bicyclic) bond motifs is 2. The van der Waals surface area contributed by atoms with Crippen molar-refractivity contribution in [3.63, 3.8) is 0 Å². The van der Waals surface area contributed by atoms with Crippen molar-refractivity contribution in [2.24, 2.45) is 0 Å². The maximum absolute atomic E-state index is 14.0. The van der Waals surface area contributed by atoms with Crippen molar-refractivity contribution < 1.29 is 23.9 Å². The third kappa shape index (κ3) is 7.47. The standard InChI is InChI=1S/C36H48N8O5/c1-40-12-8-28(9-13-40)41-17-19-42(20-18-41)34(45)33(22-25-3-5-32-27(21-25)24-37-39-32)49-36(47)43-14-10-29(11-15-43)44-16-7-26-23-30(48-2)4-6-31(26)38-35(44)46/h3-6,21,23-24,28-29,33H,7-20,22H2,1-2H3,(H,37,39)(H,38,46). The lowest BCUT2D eigenvalue weighted by atomic mass is 10.0. The number of hydrogen-bond acceptors (Lipinski definition) is 8. The fourth-order valence-corrected chi connectivity index (χ4v) is 7.84. The molecule has 7 rings (SSSR count). The summed E-state index contributed by atoms with van der Waals surface area (Å²) in [6, 6.07) is 12.0. The molecule has 2 aromatic carbocycles. The van der Waals surface area contributed by atoms with Gasteiger partial charge in [0.05, 0.1) is 18.8 Å². The summed E-state index contributed by atoms with van der Waals surface area (Å²) in [4.78, 5) is 51.3. The number of ether oxygens (including phenoxy) is 2. The highest BCUT2D eigenvalue weighted by atomic mass is 16.6. The van der Waals surface area contributed by atoms with Crippen LogP contribution < -0.4 is 10.1 Å². The van der Waals surface area contributed by atoms with Crippen LogP contribution in [0.25, 0.3) is 10.9 Å². The van der Waals surface area contributed by atoms with E-state index < -0.39 is 12.2 Å². The minimum Gasteiger partial charge on any atom is -0.497 e. The first-order chi connectivity index (χ1) is 23.8. The number of likely N-dealkylation sites (tertiary alicyclic amines) is 2. The van der Waals surface area contributed by atoms with E-state index in [-0.39, 0.29) is 24.4 Å². The van der Waals surface area contributed by atoms with Crippen LogP contribution in [0, 0.1) is 0 Å². The Hall–Kier alpha value is -4.36. The van der Waals surface area contributed by atoms with Crippen molar-refractivity contribution in [2.45, 2.75) is 56.7 Å². The van der Waals surface area contributed by atoms with Crippen LogP contribution in [0.15, 0.2) is 42.6 Å². The number of nitrogens with one attached hydrogen (secondary N) is 2. The normalized spacial score (nSPS) is 20.9. The molecule has 0 aliphatic carbocycles. The first-order valence-electron chi connectivity index (χ1n) is 17.7. The number of piperazine rings is 1. The number of benzene rings is 2. The third-order valence-corrected chi connectivity index (χ3v) is 10.9. The van der Waals surface area contributed by atoms with Crippen LogP contribution in [0.4, 0.5) is 15.3 Å². The van der Waals surface area contributed by atoms with Crippen molar-refractivity contribution in [1.82, 2.24) is 34.7 Å². The Balaban J connectivity index is 0.977. The van der Waals surface area contributed by atoms with Crippen LogP contribution in [-0.2, 0) is 22.4 Å². The summed E-state index contributed by atoms with van der Waals surface area (Å²) in [5.41, 5.74) is 3.68. The number of aromatic nitrogens is 2. The Bertz CT molecular complexity index is 1640. The molecule has 49 heavy (non-hydrogen) atoms. The Morgan fingerprint density at radius 1 is 0.898 bits per heavy atom. The summed E-state index contributed by atoms with van der Waals surface area (Å²) in [5.74, 6) is 0.623. The van der Waals surface area contributed by atoms with E-state index in [9.17, 15) is 14.4 Å². The van der Waals surface area contributed by atoms with Gasteiger partial charge in [-0.3, -0.25) is 14.8 Å². The van der Waals surface area contributed by atoms with Gasteiger partial charge in [0.1, 0.15) is 5.75 Å². The number of hydrogen-bond donors (Lipinski definition) is 2. The summed E-state index contributed by atoms with van der Waals surface area (Å²) >= 11 is 0. The van der Waals surface area contributed by atoms with Crippen molar-refractivity contribution in [3.05, 3.63) is 53.7 Å². The number of urea groups is 1. The molecular formula is C36H48N8O5. The number of carbonyl (C=O) groups is 3. The number of carbonyl (C=O) groups excluding carboxylic acids is 3. The fraction of sp³-hybridized carbons (Fsp3) is 0.556. The second kappa shape index (κ2) is 14.6. The topological polar surface area (TPSA) is 127 Å². The molecule has 13 nitrogen and oxygen atoms in total. The second-order valence-electron chi connectivity index (χ2n) is 13.9. The fourth-order valence-electron chi connectivity index (χ4n) is 7.84. The predicted molar refractivity (Wildman–Crippen MR) is 186 cm³/mol. The summed E-state index contributed by atoms with van der Waals surface area (Å²) in [5, 5.41) is 11.1. The smallest absolute Gasteiger partial charge is 0.410 e. The molecule has 5 heterocycles. The van der Waals surface area contributed by atoms with E-state index in [2.05, 4.69) is 32.4 Å². The molecule has 3 aromatic rings. The van der Waals surface area contributed by atoms with Gasteiger partial charge in [0, 0.05) is 75.4 Å². The van der Waals surface area contributed by atoms with Gasteiger partial charge in [-0.15, -0.1) is 0 Å². The van der Waals surface area contributed by atoms with Crippen LogP contribution >= 0.6 is 0 Å². The number of rotatable bonds is 7. The number of piperidine rings is 2. The molecular weight excluding hydrogens is 624 g/mol. The SMILES string of the molecule is COc1ccc2c(c1)CCN(C1CCN(C(=O)OC(Cc3ccc4[nH]ncc4c3)C(=O)N3CCN(C4CCN(C)CC4)CC3)CC1)C(=O)N2. The van der Waals surface area contributed by atoms with Crippen molar-refractivity contribution in [3.8, 4) is 5.75 Å². The molecule has 4 aliphatic rings. The average molecular weight is 673 g/mol. The molecule has 2 N–H and O–H groups in total. The van der Waals surface area contributed by atoms with Gasteiger partial charge in [-0.25, -0.2) is 9.59 Å². The molecule has 4 amide bonds. The van der Waals surface area contributed by atoms with E-state index in [0.717, 1.165) is 72.5 Å². The minimum absolute atomic E-state index is 0.000216. The molecule has 4 aliphatic heterocycles. The Morgan fingerprint density at radius 3 is 2.41 bits per heavy atom. The van der Waals surface area contributed by atoms with Gasteiger partial charge in [-0.1, -0.05) is 6.07 Å². The largest absolute Gasteiger partial charge is 0.497 e. The van der Waals surface area contributed by atoms with Gasteiger partial charge >= 0.3 is 12.1 Å². The monoisotopic (exact) mass is 672 g/mol. The Kier molecular flexibility index (Phi) is 9.90. The van der Waals surface area contributed by atoms with E-state index in [0.29, 0.717) is 58.0 Å². The summed E-state index contributed by atoms with van der Waals surface area (Å²) in [7, 11) is 3.81. The Morgan fingerprint density at radius 2 is 1.65 bits per heavy atom. The molecule has 0 spiro atoms. The maximum atomic E-state index is 14.0. The lowest BCUT2D eigenvalue weighted by Gasteiger charge is -2.42. The molecule has 1 atom stereocenters. The van der Waals surface area contributed by atoms with Gasteiger partial charge in [0.2, 0.25) is 0 Å². The highest BCUT2D eigenvalue weighted by Crippen LogP contribution is 2.28. The number of aromatic amines is 1. The van der Waals surface area contributed by atoms with Crippen LogP contribution in [0.3, 0.4) is 0 Å². The molecule has 0 saturated carbocycles. The maximum Gasteiger partial charge on any atom is 0.410 e. The van der Waals surface area contributed by atoms with Crippen LogP contribution in [0.1, 0.15) is 36.8 Å². The number of amides is 4. The summed E-state index contributed by atoms with van der Waals surface area (Å²) < 4.78 is 11.5.